The number of thiophene rings is 1. The highest BCUT2D eigenvalue weighted by Gasteiger charge is 2.29. The van der Waals surface area contributed by atoms with Crippen molar-refractivity contribution in [2.75, 3.05) is 18.9 Å². The molecule has 0 saturated carbocycles. The average molecular weight is 430 g/mol. The highest BCUT2D eigenvalue weighted by atomic mass is 35.5. The molecule has 0 saturated heterocycles. The Bertz CT molecular complexity index is 893. The number of rotatable bonds is 7. The third kappa shape index (κ3) is 4.60. The third-order valence-corrected chi connectivity index (χ3v) is 4.85. The second kappa shape index (κ2) is 9.52. The van der Waals surface area contributed by atoms with Gasteiger partial charge in [-0.25, -0.2) is 18.8 Å². The molecule has 0 aliphatic carbocycles. The second-order valence-electron chi connectivity index (χ2n) is 5.26. The van der Waals surface area contributed by atoms with Crippen LogP contribution >= 0.6 is 22.9 Å². The Hall–Kier alpha value is -2.65. The molecule has 2 rings (SSSR count). The fourth-order valence-electron chi connectivity index (χ4n) is 2.31. The Morgan fingerprint density at radius 1 is 1.04 bits per heavy atom. The normalized spacial score (nSPS) is 10.4. The lowest BCUT2D eigenvalue weighted by Gasteiger charge is -2.10. The van der Waals surface area contributed by atoms with E-state index < -0.39 is 35.9 Å². The number of nitrogen functional groups attached to an aromatic ring is 1. The summed E-state index contributed by atoms with van der Waals surface area (Å²) in [6.45, 7) is 2.86. The summed E-state index contributed by atoms with van der Waals surface area (Å²) in [6, 6.07) is 3.72. The molecule has 1 aromatic carbocycles. The number of nitrogens with two attached hydrogens (primary N) is 1. The van der Waals surface area contributed by atoms with Crippen LogP contribution in [0.4, 0.5) is 9.39 Å². The molecular formula is C18H17ClFNO6S. The van der Waals surface area contributed by atoms with Gasteiger partial charge in [0.05, 0.1) is 18.2 Å². The molecule has 0 unspecified atom stereocenters. The zero-order valence-corrected chi connectivity index (χ0v) is 16.6. The lowest BCUT2D eigenvalue weighted by molar-refractivity contribution is 0.0433. The molecule has 1 aromatic heterocycles. The summed E-state index contributed by atoms with van der Waals surface area (Å²) in [7, 11) is 0. The third-order valence-electron chi connectivity index (χ3n) is 3.49. The maximum atomic E-state index is 13.9. The van der Waals surface area contributed by atoms with Crippen molar-refractivity contribution in [3.63, 3.8) is 0 Å². The quantitative estimate of drug-likeness (QED) is 0.526. The van der Waals surface area contributed by atoms with Crippen molar-refractivity contribution in [3.05, 3.63) is 50.6 Å². The van der Waals surface area contributed by atoms with Crippen molar-refractivity contribution in [2.45, 2.75) is 20.5 Å². The van der Waals surface area contributed by atoms with E-state index >= 15 is 0 Å². The van der Waals surface area contributed by atoms with Gasteiger partial charge >= 0.3 is 17.9 Å². The first-order valence-electron chi connectivity index (χ1n) is 8.18. The number of hydrogen-bond acceptors (Lipinski definition) is 8. The van der Waals surface area contributed by atoms with Crippen LogP contribution in [0.2, 0.25) is 5.02 Å². The largest absolute Gasteiger partial charge is 0.462 e. The molecule has 28 heavy (non-hydrogen) atoms. The van der Waals surface area contributed by atoms with E-state index in [2.05, 4.69) is 0 Å². The molecule has 0 atom stereocenters. The van der Waals surface area contributed by atoms with Crippen LogP contribution in [0.1, 0.15) is 49.8 Å². The minimum atomic E-state index is -1.06. The predicted molar refractivity (Wildman–Crippen MR) is 101 cm³/mol. The molecule has 10 heteroatoms. The number of halogens is 2. The summed E-state index contributed by atoms with van der Waals surface area (Å²) < 4.78 is 28.9. The van der Waals surface area contributed by atoms with E-state index in [0.29, 0.717) is 0 Å². The van der Waals surface area contributed by atoms with Crippen LogP contribution in [0.5, 0.6) is 0 Å². The monoisotopic (exact) mass is 429 g/mol. The fraction of sp³-hybridized carbons (Fsp3) is 0.278. The molecule has 2 aromatic rings. The Kier molecular flexibility index (Phi) is 7.36. The number of carbonyl (C=O) groups excluding carboxylic acids is 3. The van der Waals surface area contributed by atoms with Crippen LogP contribution in [0.25, 0.3) is 0 Å². The summed E-state index contributed by atoms with van der Waals surface area (Å²) >= 11 is 6.66. The van der Waals surface area contributed by atoms with E-state index in [0.717, 1.165) is 17.4 Å². The van der Waals surface area contributed by atoms with Crippen LogP contribution in [0, 0.1) is 5.82 Å². The van der Waals surface area contributed by atoms with Gasteiger partial charge in [0.1, 0.15) is 33.4 Å². The molecule has 1 heterocycles. The van der Waals surface area contributed by atoms with E-state index in [-0.39, 0.29) is 39.2 Å². The van der Waals surface area contributed by atoms with Gasteiger partial charge in [0.2, 0.25) is 0 Å². The van der Waals surface area contributed by atoms with E-state index in [9.17, 15) is 18.8 Å². The van der Waals surface area contributed by atoms with Gasteiger partial charge in [-0.05, 0) is 26.0 Å². The van der Waals surface area contributed by atoms with Crippen LogP contribution in [0.3, 0.4) is 0 Å². The van der Waals surface area contributed by atoms with Crippen molar-refractivity contribution in [2.24, 2.45) is 0 Å². The maximum absolute atomic E-state index is 13.9. The zero-order valence-electron chi connectivity index (χ0n) is 15.0. The Morgan fingerprint density at radius 2 is 1.64 bits per heavy atom. The van der Waals surface area contributed by atoms with Crippen LogP contribution in [0.15, 0.2) is 18.2 Å². The number of carbonyl (C=O) groups is 3. The molecule has 0 fully saturated rings. The van der Waals surface area contributed by atoms with Crippen molar-refractivity contribution < 1.29 is 33.0 Å². The smallest absolute Gasteiger partial charge is 0.348 e. The van der Waals surface area contributed by atoms with Gasteiger partial charge in [-0.2, -0.15) is 0 Å². The van der Waals surface area contributed by atoms with Crippen molar-refractivity contribution in [1.29, 1.82) is 0 Å². The lowest BCUT2D eigenvalue weighted by atomic mass is 10.1. The first-order valence-corrected chi connectivity index (χ1v) is 9.37. The molecule has 0 radical (unpaired) electrons. The lowest BCUT2D eigenvalue weighted by Crippen LogP contribution is -2.14. The van der Waals surface area contributed by atoms with Gasteiger partial charge in [0.25, 0.3) is 0 Å². The van der Waals surface area contributed by atoms with Gasteiger partial charge in [0, 0.05) is 5.56 Å². The van der Waals surface area contributed by atoms with Crippen molar-refractivity contribution in [1.82, 2.24) is 0 Å². The molecule has 0 spiro atoms. The Balaban J connectivity index is 2.38. The summed E-state index contributed by atoms with van der Waals surface area (Å²) in [5.74, 6) is -3.43. The van der Waals surface area contributed by atoms with Gasteiger partial charge < -0.3 is 19.9 Å². The van der Waals surface area contributed by atoms with Crippen LogP contribution in [-0.2, 0) is 20.8 Å². The van der Waals surface area contributed by atoms with Gasteiger partial charge in [-0.15, -0.1) is 11.3 Å². The molecule has 0 aliphatic rings. The van der Waals surface area contributed by atoms with E-state index in [4.69, 9.17) is 31.5 Å². The molecule has 0 bridgehead atoms. The van der Waals surface area contributed by atoms with E-state index in [1.807, 2.05) is 0 Å². The first kappa shape index (κ1) is 21.6. The second-order valence-corrected chi connectivity index (χ2v) is 6.72. The summed E-state index contributed by atoms with van der Waals surface area (Å²) in [5, 5.41) is -0.123. The number of esters is 3. The minimum Gasteiger partial charge on any atom is -0.462 e. The summed E-state index contributed by atoms with van der Waals surface area (Å²) in [6.07, 6.45) is 0. The molecular weight excluding hydrogens is 413 g/mol. The van der Waals surface area contributed by atoms with Crippen LogP contribution in [-0.4, -0.2) is 31.1 Å². The minimum absolute atomic E-state index is 0.00478. The molecule has 0 amide bonds. The molecule has 0 aliphatic heterocycles. The highest BCUT2D eigenvalue weighted by Crippen LogP contribution is 2.33. The van der Waals surface area contributed by atoms with Gasteiger partial charge in [-0.3, -0.25) is 0 Å². The number of hydrogen-bond donors (Lipinski definition) is 1. The van der Waals surface area contributed by atoms with Crippen molar-refractivity contribution in [3.8, 4) is 0 Å². The average Bonchev–Trinajstić information content (AvgIpc) is 2.96. The summed E-state index contributed by atoms with van der Waals surface area (Å²) in [4.78, 5) is 36.7. The molecule has 150 valence electrons. The fourth-order valence-corrected chi connectivity index (χ4v) is 3.51. The predicted octanol–water partition coefficient (Wildman–Crippen LogP) is 3.83. The molecule has 2 N–H and O–H groups in total. The zero-order chi connectivity index (χ0) is 20.8. The van der Waals surface area contributed by atoms with Gasteiger partial charge in [-0.1, -0.05) is 17.7 Å². The van der Waals surface area contributed by atoms with Crippen LogP contribution < -0.4 is 5.73 Å². The maximum Gasteiger partial charge on any atom is 0.348 e. The number of benzene rings is 1. The Labute approximate surface area is 169 Å². The highest BCUT2D eigenvalue weighted by molar-refractivity contribution is 7.18. The first-order chi connectivity index (χ1) is 13.3. The summed E-state index contributed by atoms with van der Waals surface area (Å²) in [5.41, 5.74) is 5.34. The Morgan fingerprint density at radius 3 is 2.25 bits per heavy atom. The van der Waals surface area contributed by atoms with E-state index in [1.54, 1.807) is 13.8 Å². The SMILES string of the molecule is CCOC(=O)c1sc(N)c(C(=O)OCC)c1COC(=O)c1c(F)cccc1Cl. The number of ether oxygens (including phenoxy) is 3. The van der Waals surface area contributed by atoms with Gasteiger partial charge in [0.15, 0.2) is 0 Å². The van der Waals surface area contributed by atoms with Crippen molar-refractivity contribution >= 4 is 45.8 Å². The standard InChI is InChI=1S/C18H17ClFNO6S/c1-3-25-16(22)12-9(14(28-15(12)21)18(24)26-4-2)8-27-17(23)13-10(19)6-5-7-11(13)20/h5-7H,3-4,8,21H2,1-2H3. The topological polar surface area (TPSA) is 105 Å². The molecule has 7 nitrogen and oxygen atoms in total. The van der Waals surface area contributed by atoms with E-state index in [1.165, 1.54) is 12.1 Å². The number of anilines is 1.